The molecule has 0 unspecified atom stereocenters. The Hall–Kier alpha value is -3.44. The first-order chi connectivity index (χ1) is 14.5. The van der Waals surface area contributed by atoms with Crippen molar-refractivity contribution in [3.63, 3.8) is 0 Å². The lowest BCUT2D eigenvalue weighted by atomic mass is 9.88. The van der Waals surface area contributed by atoms with E-state index in [0.29, 0.717) is 35.5 Å². The van der Waals surface area contributed by atoms with Gasteiger partial charge in [0.15, 0.2) is 11.4 Å². The summed E-state index contributed by atoms with van der Waals surface area (Å²) in [5.74, 6) is -0.116. The minimum atomic E-state index is -1.87. The summed E-state index contributed by atoms with van der Waals surface area (Å²) in [6.45, 7) is 0.429. The molecule has 3 aromatic rings. The van der Waals surface area contributed by atoms with E-state index in [0.717, 1.165) is 5.56 Å². The van der Waals surface area contributed by atoms with Gasteiger partial charge in [0.05, 0.1) is 19.2 Å². The molecule has 4 rings (SSSR count). The van der Waals surface area contributed by atoms with Gasteiger partial charge in [0, 0.05) is 17.7 Å². The third-order valence-corrected chi connectivity index (χ3v) is 5.53. The van der Waals surface area contributed by atoms with Gasteiger partial charge in [0.1, 0.15) is 5.75 Å². The molecule has 1 amide bonds. The zero-order valence-electron chi connectivity index (χ0n) is 16.7. The Bertz CT molecular complexity index is 1060. The van der Waals surface area contributed by atoms with Crippen LogP contribution in [-0.4, -0.2) is 30.5 Å². The SMILES string of the molecule is COc1ccc(C(=O)C[C@@]2(O)C(=O)N(CCc3ccccc3)c3ccccc32)cc1. The zero-order valence-corrected chi connectivity index (χ0v) is 16.7. The number of carbonyl (C=O) groups excluding carboxylic acids is 2. The lowest BCUT2D eigenvalue weighted by molar-refractivity contribution is -0.135. The monoisotopic (exact) mass is 401 g/mol. The van der Waals surface area contributed by atoms with Crippen molar-refractivity contribution >= 4 is 17.4 Å². The van der Waals surface area contributed by atoms with Crippen molar-refractivity contribution < 1.29 is 19.4 Å². The Labute approximate surface area is 175 Å². The number of ether oxygens (including phenoxy) is 1. The average molecular weight is 401 g/mol. The molecule has 0 saturated carbocycles. The molecule has 30 heavy (non-hydrogen) atoms. The number of carbonyl (C=O) groups is 2. The number of benzene rings is 3. The Morgan fingerprint density at radius 1 is 0.967 bits per heavy atom. The molecule has 152 valence electrons. The van der Waals surface area contributed by atoms with Crippen LogP contribution in [0.4, 0.5) is 5.69 Å². The fourth-order valence-corrected chi connectivity index (χ4v) is 3.90. The van der Waals surface area contributed by atoms with Gasteiger partial charge < -0.3 is 14.7 Å². The number of rotatable bonds is 7. The molecule has 0 bridgehead atoms. The molecule has 0 saturated heterocycles. The summed E-state index contributed by atoms with van der Waals surface area (Å²) in [4.78, 5) is 27.7. The topological polar surface area (TPSA) is 66.8 Å². The highest BCUT2D eigenvalue weighted by Crippen LogP contribution is 2.42. The number of aliphatic hydroxyl groups is 1. The second-order valence-corrected chi connectivity index (χ2v) is 7.40. The minimum Gasteiger partial charge on any atom is -0.497 e. The fraction of sp³-hybridized carbons (Fsp3) is 0.200. The van der Waals surface area contributed by atoms with E-state index < -0.39 is 11.5 Å². The lowest BCUT2D eigenvalue weighted by Crippen LogP contribution is -2.42. The maximum atomic E-state index is 13.3. The number of nitrogens with zero attached hydrogens (tertiary/aromatic N) is 1. The number of fused-ring (bicyclic) bond motifs is 1. The molecule has 1 aliphatic heterocycles. The van der Waals surface area contributed by atoms with Crippen LogP contribution in [0.1, 0.15) is 27.9 Å². The number of anilines is 1. The largest absolute Gasteiger partial charge is 0.497 e. The number of para-hydroxylation sites is 1. The molecule has 5 nitrogen and oxygen atoms in total. The summed E-state index contributed by atoms with van der Waals surface area (Å²) in [6, 6.07) is 23.7. The van der Waals surface area contributed by atoms with E-state index in [-0.39, 0.29) is 12.2 Å². The first kappa shape index (κ1) is 19.9. The smallest absolute Gasteiger partial charge is 0.264 e. The van der Waals surface area contributed by atoms with Crippen molar-refractivity contribution in [1.82, 2.24) is 0 Å². The third kappa shape index (κ3) is 3.60. The molecule has 0 fully saturated rings. The molecule has 0 spiro atoms. The Morgan fingerprint density at radius 3 is 2.33 bits per heavy atom. The number of amides is 1. The Balaban J connectivity index is 1.59. The fourth-order valence-electron chi connectivity index (χ4n) is 3.90. The Morgan fingerprint density at radius 2 is 1.63 bits per heavy atom. The number of methoxy groups -OCH3 is 1. The van der Waals surface area contributed by atoms with Gasteiger partial charge in [-0.3, -0.25) is 9.59 Å². The van der Waals surface area contributed by atoms with Gasteiger partial charge in [-0.2, -0.15) is 0 Å². The molecule has 1 N–H and O–H groups in total. The Kier molecular flexibility index (Phi) is 5.38. The van der Waals surface area contributed by atoms with Crippen LogP contribution in [0, 0.1) is 0 Å². The first-order valence-electron chi connectivity index (χ1n) is 9.88. The summed E-state index contributed by atoms with van der Waals surface area (Å²) in [6.07, 6.45) is 0.348. The van der Waals surface area contributed by atoms with Gasteiger partial charge in [0.25, 0.3) is 5.91 Å². The highest BCUT2D eigenvalue weighted by Gasteiger charge is 2.50. The summed E-state index contributed by atoms with van der Waals surface area (Å²) in [7, 11) is 1.55. The highest BCUT2D eigenvalue weighted by atomic mass is 16.5. The normalized spacial score (nSPS) is 17.7. The van der Waals surface area contributed by atoms with Gasteiger partial charge in [0.2, 0.25) is 0 Å². The van der Waals surface area contributed by atoms with Crippen molar-refractivity contribution in [3.05, 3.63) is 95.6 Å². The van der Waals surface area contributed by atoms with E-state index in [1.807, 2.05) is 42.5 Å². The van der Waals surface area contributed by atoms with E-state index in [9.17, 15) is 14.7 Å². The standard InChI is InChI=1S/C25H23NO4/c1-30-20-13-11-19(12-14-20)23(27)17-25(29)21-9-5-6-10-22(21)26(24(25)28)16-15-18-7-3-2-4-8-18/h2-14,29H,15-17H2,1H3/t25-/m0/s1. The van der Waals surface area contributed by atoms with E-state index in [1.165, 1.54) is 0 Å². The van der Waals surface area contributed by atoms with Gasteiger partial charge in [-0.15, -0.1) is 0 Å². The molecule has 3 aromatic carbocycles. The molecule has 1 heterocycles. The van der Waals surface area contributed by atoms with Crippen LogP contribution in [0.3, 0.4) is 0 Å². The van der Waals surface area contributed by atoms with Crippen molar-refractivity contribution in [1.29, 1.82) is 0 Å². The predicted molar refractivity (Wildman–Crippen MR) is 115 cm³/mol. The molecule has 0 aliphatic carbocycles. The number of Topliss-reactive ketones (excluding diaryl/α,β-unsaturated/α-hetero) is 1. The van der Waals surface area contributed by atoms with E-state index in [4.69, 9.17) is 4.74 Å². The van der Waals surface area contributed by atoms with Crippen LogP contribution in [0.5, 0.6) is 5.75 Å². The number of hydrogen-bond acceptors (Lipinski definition) is 4. The van der Waals surface area contributed by atoms with Crippen molar-refractivity contribution in [2.24, 2.45) is 0 Å². The molecular formula is C25H23NO4. The molecule has 1 aliphatic rings. The van der Waals surface area contributed by atoms with Crippen molar-refractivity contribution in [2.75, 3.05) is 18.6 Å². The van der Waals surface area contributed by atoms with E-state index >= 15 is 0 Å². The first-order valence-corrected chi connectivity index (χ1v) is 9.88. The number of ketones is 1. The van der Waals surface area contributed by atoms with Gasteiger partial charge >= 0.3 is 0 Å². The average Bonchev–Trinajstić information content (AvgIpc) is 3.00. The van der Waals surface area contributed by atoms with Gasteiger partial charge in [-0.1, -0.05) is 48.5 Å². The maximum absolute atomic E-state index is 13.3. The van der Waals surface area contributed by atoms with E-state index in [1.54, 1.807) is 48.4 Å². The molecular weight excluding hydrogens is 378 g/mol. The summed E-state index contributed by atoms with van der Waals surface area (Å²) in [5.41, 5.74) is 0.794. The molecule has 1 atom stereocenters. The third-order valence-electron chi connectivity index (χ3n) is 5.53. The van der Waals surface area contributed by atoms with Crippen LogP contribution < -0.4 is 9.64 Å². The lowest BCUT2D eigenvalue weighted by Gasteiger charge is -2.23. The van der Waals surface area contributed by atoms with Crippen LogP contribution >= 0.6 is 0 Å². The van der Waals surface area contributed by atoms with Gasteiger partial charge in [-0.05, 0) is 42.3 Å². The molecule has 0 radical (unpaired) electrons. The van der Waals surface area contributed by atoms with Crippen molar-refractivity contribution in [2.45, 2.75) is 18.4 Å². The van der Waals surface area contributed by atoms with Crippen LogP contribution in [-0.2, 0) is 16.8 Å². The maximum Gasteiger partial charge on any atom is 0.264 e. The summed E-state index contributed by atoms with van der Waals surface area (Å²) >= 11 is 0. The van der Waals surface area contributed by atoms with Gasteiger partial charge in [-0.25, -0.2) is 0 Å². The van der Waals surface area contributed by atoms with Crippen LogP contribution in [0.15, 0.2) is 78.9 Å². The van der Waals surface area contributed by atoms with Crippen LogP contribution in [0.2, 0.25) is 0 Å². The minimum absolute atomic E-state index is 0.298. The van der Waals surface area contributed by atoms with Crippen molar-refractivity contribution in [3.8, 4) is 5.75 Å². The second-order valence-electron chi connectivity index (χ2n) is 7.40. The second kappa shape index (κ2) is 8.13. The van der Waals surface area contributed by atoms with E-state index in [2.05, 4.69) is 0 Å². The summed E-state index contributed by atoms with van der Waals surface area (Å²) in [5, 5.41) is 11.4. The molecule has 5 heteroatoms. The highest BCUT2D eigenvalue weighted by molar-refractivity contribution is 6.10. The molecule has 0 aromatic heterocycles. The number of hydrogen-bond donors (Lipinski definition) is 1. The zero-order chi connectivity index (χ0) is 21.1. The summed E-state index contributed by atoms with van der Waals surface area (Å²) < 4.78 is 5.12. The van der Waals surface area contributed by atoms with Crippen LogP contribution in [0.25, 0.3) is 0 Å². The predicted octanol–water partition coefficient (Wildman–Crippen LogP) is 3.75. The quantitative estimate of drug-likeness (QED) is 0.613.